The average molecular weight is 201 g/mol. The molecule has 74 valence electrons. The van der Waals surface area contributed by atoms with Gasteiger partial charge in [-0.15, -0.1) is 10.2 Å². The number of aromatic nitrogens is 2. The van der Waals surface area contributed by atoms with Crippen molar-refractivity contribution in [2.75, 3.05) is 0 Å². The van der Waals surface area contributed by atoms with E-state index in [9.17, 15) is 4.79 Å². The van der Waals surface area contributed by atoms with Gasteiger partial charge in [-0.05, 0) is 24.3 Å². The van der Waals surface area contributed by atoms with Crippen molar-refractivity contribution in [1.82, 2.24) is 10.2 Å². The lowest BCUT2D eigenvalue weighted by Crippen LogP contribution is -1.76. The molecule has 0 radical (unpaired) electrons. The zero-order chi connectivity index (χ0) is 10.7. The summed E-state index contributed by atoms with van der Waals surface area (Å²) in [5.41, 5.74) is 1.34. The molecule has 0 saturated carbocycles. The van der Waals surface area contributed by atoms with Crippen molar-refractivity contribution in [2.24, 2.45) is 4.99 Å². The maximum atomic E-state index is 10.00. The molecule has 15 heavy (non-hydrogen) atoms. The van der Waals surface area contributed by atoms with Gasteiger partial charge < -0.3 is 4.42 Å². The van der Waals surface area contributed by atoms with Gasteiger partial charge in [-0.2, -0.15) is 4.99 Å². The molecule has 0 fully saturated rings. The predicted octanol–water partition coefficient (Wildman–Crippen LogP) is 2.01. The van der Waals surface area contributed by atoms with Gasteiger partial charge in [0.1, 0.15) is 0 Å². The first-order valence-electron chi connectivity index (χ1n) is 4.28. The molecule has 0 aliphatic carbocycles. The Balaban J connectivity index is 2.35. The zero-order valence-corrected chi connectivity index (χ0v) is 7.97. The van der Waals surface area contributed by atoms with Crippen molar-refractivity contribution >= 4 is 11.8 Å². The largest absolute Gasteiger partial charge is 0.421 e. The first kappa shape index (κ1) is 9.30. The molecule has 5 heteroatoms. The summed E-state index contributed by atoms with van der Waals surface area (Å²) in [6, 6.07) is 6.87. The highest BCUT2D eigenvalue weighted by atomic mass is 16.4. The van der Waals surface area contributed by atoms with Gasteiger partial charge in [-0.3, -0.25) is 0 Å². The van der Waals surface area contributed by atoms with Gasteiger partial charge in [0.25, 0.3) is 0 Å². The highest BCUT2D eigenvalue weighted by molar-refractivity contribution is 5.58. The molecule has 1 heterocycles. The number of hydrogen-bond acceptors (Lipinski definition) is 5. The number of aryl methyl sites for hydroxylation is 1. The Morgan fingerprint density at radius 2 is 2.00 bits per heavy atom. The molecule has 1 aromatic carbocycles. The summed E-state index contributed by atoms with van der Waals surface area (Å²) < 4.78 is 5.24. The number of nitrogens with zero attached hydrogens (tertiary/aromatic N) is 3. The van der Waals surface area contributed by atoms with Crippen LogP contribution in [0.4, 0.5) is 5.69 Å². The third-order valence-corrected chi connectivity index (χ3v) is 1.82. The molecule has 5 nitrogen and oxygen atoms in total. The quantitative estimate of drug-likeness (QED) is 0.550. The summed E-state index contributed by atoms with van der Waals surface area (Å²) in [7, 11) is 0. The van der Waals surface area contributed by atoms with E-state index in [1.54, 1.807) is 31.2 Å². The maximum Gasteiger partial charge on any atom is 0.247 e. The van der Waals surface area contributed by atoms with Crippen LogP contribution in [0.15, 0.2) is 33.7 Å². The van der Waals surface area contributed by atoms with Crippen LogP contribution in [-0.4, -0.2) is 16.3 Å². The second-order valence-corrected chi connectivity index (χ2v) is 2.88. The molecule has 2 aromatic rings. The average Bonchev–Trinajstić information content (AvgIpc) is 2.67. The molecule has 0 atom stereocenters. The normalized spacial score (nSPS) is 9.67. The summed E-state index contributed by atoms with van der Waals surface area (Å²) in [4.78, 5) is 13.5. The number of rotatable bonds is 2. The Labute approximate surface area is 85.5 Å². The highest BCUT2D eigenvalue weighted by Crippen LogP contribution is 2.20. The first-order chi connectivity index (χ1) is 7.29. The van der Waals surface area contributed by atoms with Crippen LogP contribution in [0, 0.1) is 6.92 Å². The lowest BCUT2D eigenvalue weighted by atomic mass is 10.2. The van der Waals surface area contributed by atoms with E-state index in [2.05, 4.69) is 15.2 Å². The van der Waals surface area contributed by atoms with Crippen LogP contribution in [0.2, 0.25) is 0 Å². The number of benzene rings is 1. The topological polar surface area (TPSA) is 68.3 Å². The van der Waals surface area contributed by atoms with Crippen LogP contribution in [0.5, 0.6) is 0 Å². The van der Waals surface area contributed by atoms with Crippen molar-refractivity contribution in [3.63, 3.8) is 0 Å². The van der Waals surface area contributed by atoms with E-state index in [1.807, 2.05) is 0 Å². The fourth-order valence-corrected chi connectivity index (χ4v) is 1.14. The molecule has 0 saturated heterocycles. The van der Waals surface area contributed by atoms with E-state index >= 15 is 0 Å². The van der Waals surface area contributed by atoms with Crippen molar-refractivity contribution < 1.29 is 9.21 Å². The smallest absolute Gasteiger partial charge is 0.247 e. The summed E-state index contributed by atoms with van der Waals surface area (Å²) in [5.74, 6) is 0.967. The van der Waals surface area contributed by atoms with Crippen LogP contribution in [-0.2, 0) is 4.79 Å². The molecular formula is C10H7N3O2. The number of carbonyl (C=O) groups excluding carboxylic acids is 1. The Bertz CT molecular complexity index is 510. The Kier molecular flexibility index (Phi) is 2.39. The minimum absolute atomic E-state index is 0.453. The molecule has 0 unspecified atom stereocenters. The van der Waals surface area contributed by atoms with E-state index in [0.717, 1.165) is 5.56 Å². The van der Waals surface area contributed by atoms with E-state index in [4.69, 9.17) is 4.42 Å². The van der Waals surface area contributed by atoms with E-state index < -0.39 is 0 Å². The Morgan fingerprint density at radius 3 is 2.53 bits per heavy atom. The van der Waals surface area contributed by atoms with Gasteiger partial charge in [-0.1, -0.05) is 0 Å². The van der Waals surface area contributed by atoms with Gasteiger partial charge >= 0.3 is 0 Å². The highest BCUT2D eigenvalue weighted by Gasteiger charge is 2.04. The predicted molar refractivity (Wildman–Crippen MR) is 52.3 cm³/mol. The monoisotopic (exact) mass is 201 g/mol. The summed E-state index contributed by atoms with van der Waals surface area (Å²) in [6.45, 7) is 1.72. The molecule has 1 aromatic heterocycles. The van der Waals surface area contributed by atoms with Crippen LogP contribution in [0.25, 0.3) is 11.5 Å². The van der Waals surface area contributed by atoms with Gasteiger partial charge in [0.2, 0.25) is 17.9 Å². The SMILES string of the molecule is Cc1nnc(-c2ccc(N=C=O)cc2)o1. The summed E-state index contributed by atoms with van der Waals surface area (Å²) in [5, 5.41) is 7.59. The zero-order valence-electron chi connectivity index (χ0n) is 7.97. The molecule has 0 N–H and O–H groups in total. The van der Waals surface area contributed by atoms with Crippen molar-refractivity contribution in [3.05, 3.63) is 30.2 Å². The summed E-state index contributed by atoms with van der Waals surface area (Å²) in [6.07, 6.45) is 1.47. The van der Waals surface area contributed by atoms with Crippen molar-refractivity contribution in [3.8, 4) is 11.5 Å². The molecule has 2 rings (SSSR count). The molecule has 0 spiro atoms. The standard InChI is InChI=1S/C10H7N3O2/c1-7-12-13-10(15-7)8-2-4-9(5-3-8)11-6-14/h2-5H,1H3. The molecule has 0 amide bonds. The van der Waals surface area contributed by atoms with E-state index in [0.29, 0.717) is 17.5 Å². The molecule has 0 bridgehead atoms. The van der Waals surface area contributed by atoms with Crippen LogP contribution in [0.1, 0.15) is 5.89 Å². The number of isocyanates is 1. The molecular weight excluding hydrogens is 194 g/mol. The fraction of sp³-hybridized carbons (Fsp3) is 0.100. The van der Waals surface area contributed by atoms with Crippen molar-refractivity contribution in [1.29, 1.82) is 0 Å². The fourth-order valence-electron chi connectivity index (χ4n) is 1.14. The maximum absolute atomic E-state index is 10.00. The minimum atomic E-state index is 0.453. The second-order valence-electron chi connectivity index (χ2n) is 2.88. The van der Waals surface area contributed by atoms with Crippen LogP contribution in [0.3, 0.4) is 0 Å². The third-order valence-electron chi connectivity index (χ3n) is 1.82. The van der Waals surface area contributed by atoms with Crippen LogP contribution < -0.4 is 0 Å². The Hall–Kier alpha value is -2.26. The van der Waals surface area contributed by atoms with Gasteiger partial charge in [0.15, 0.2) is 0 Å². The lowest BCUT2D eigenvalue weighted by molar-refractivity contribution is 0.533. The first-order valence-corrected chi connectivity index (χ1v) is 4.28. The van der Waals surface area contributed by atoms with E-state index in [-0.39, 0.29) is 0 Å². The van der Waals surface area contributed by atoms with Gasteiger partial charge in [0, 0.05) is 12.5 Å². The molecule has 0 aliphatic rings. The van der Waals surface area contributed by atoms with Gasteiger partial charge in [-0.25, -0.2) is 4.79 Å². The minimum Gasteiger partial charge on any atom is -0.421 e. The van der Waals surface area contributed by atoms with E-state index in [1.165, 1.54) is 6.08 Å². The van der Waals surface area contributed by atoms with Crippen LogP contribution >= 0.6 is 0 Å². The molecule has 0 aliphatic heterocycles. The number of hydrogen-bond donors (Lipinski definition) is 0. The van der Waals surface area contributed by atoms with Crippen molar-refractivity contribution in [2.45, 2.75) is 6.92 Å². The lowest BCUT2D eigenvalue weighted by Gasteiger charge is -1.94. The number of aliphatic imine (C=N–C) groups is 1. The Morgan fingerprint density at radius 1 is 1.27 bits per heavy atom. The third kappa shape index (κ3) is 1.98. The second kappa shape index (κ2) is 3.86. The van der Waals surface area contributed by atoms with Gasteiger partial charge in [0.05, 0.1) is 5.69 Å². The summed E-state index contributed by atoms with van der Waals surface area (Å²) >= 11 is 0.